The first kappa shape index (κ1) is 35.6. The first-order chi connectivity index (χ1) is 17.1. The van der Waals surface area contributed by atoms with Crippen LogP contribution in [0, 0.1) is 11.8 Å². The molecule has 1 fully saturated rings. The van der Waals surface area contributed by atoms with Gasteiger partial charge in [0.15, 0.2) is 0 Å². The predicted molar refractivity (Wildman–Crippen MR) is 168 cm³/mol. The number of carbonyl (C=O) groups is 1. The van der Waals surface area contributed by atoms with Crippen LogP contribution in [0.4, 0.5) is 0 Å². The Kier molecular flexibility index (Phi) is 16.1. The zero-order valence-electron chi connectivity index (χ0n) is 25.0. The van der Waals surface area contributed by atoms with Crippen molar-refractivity contribution in [1.29, 1.82) is 0 Å². The number of ether oxygens (including phenoxy) is 3. The van der Waals surface area contributed by atoms with Crippen LogP contribution in [0.1, 0.15) is 39.5 Å². The summed E-state index contributed by atoms with van der Waals surface area (Å²) in [5.74, 6) is 1.44. The van der Waals surface area contributed by atoms with E-state index in [4.69, 9.17) is 14.2 Å². The fraction of sp³-hybridized carbons (Fsp3) is 0.821. The second-order valence-electron chi connectivity index (χ2n) is 12.7. The molecule has 0 unspecified atom stereocenters. The van der Waals surface area contributed by atoms with Crippen LogP contribution < -0.4 is 0 Å². The molecule has 1 N–H and O–H groups in total. The molecule has 0 aromatic rings. The molecule has 216 valence electrons. The summed E-state index contributed by atoms with van der Waals surface area (Å²) < 4.78 is 17.0. The van der Waals surface area contributed by atoms with Crippen molar-refractivity contribution in [2.45, 2.75) is 90.2 Å². The second kappa shape index (κ2) is 16.7. The summed E-state index contributed by atoms with van der Waals surface area (Å²) in [4.78, 5) is 19.6. The predicted octanol–water partition coefficient (Wildman–Crippen LogP) is 7.22. The van der Waals surface area contributed by atoms with Gasteiger partial charge in [0.05, 0.1) is 0 Å². The summed E-state index contributed by atoms with van der Waals surface area (Å²) in [6, 6.07) is 1.16. The van der Waals surface area contributed by atoms with Crippen LogP contribution in [0.3, 0.4) is 0 Å². The van der Waals surface area contributed by atoms with E-state index < -0.39 is 42.6 Å². The number of hydrogen-bond acceptors (Lipinski definition) is 7. The van der Waals surface area contributed by atoms with Crippen LogP contribution in [0.15, 0.2) is 21.8 Å². The third-order valence-corrected chi connectivity index (χ3v) is 18.4. The molecule has 0 aromatic carbocycles. The van der Waals surface area contributed by atoms with Crippen molar-refractivity contribution >= 4 is 55.9 Å². The molecule has 1 aliphatic heterocycles. The van der Waals surface area contributed by atoms with E-state index in [1.54, 1.807) is 0 Å². The van der Waals surface area contributed by atoms with E-state index >= 15 is 0 Å². The maximum absolute atomic E-state index is 12.9. The quantitative estimate of drug-likeness (QED) is 0.0572. The molecule has 0 saturated carbocycles. The van der Waals surface area contributed by atoms with Crippen LogP contribution in [0.25, 0.3) is 0 Å². The molecule has 0 bridgehead atoms. The Labute approximate surface area is 241 Å². The standard InChI is InChI=1S/C25H45O5S2Si.3CH3.Sn/c1-8-22(24(27)28-4)23(26)25(31-14-10-15-32-25)17-20(2)11-9-12-21(3)18-30-19-29-13-16-33(5,6)7;;;;/h12,20,22-23,26H,1,9-11,13-19H2,2-7H3;3*1H3;/b21-12+;;;;/t20-,22-,23+;;;;/m0..../s1. The SMILES string of the molecule is C=[C]([C@H](C(=O)OC)[C@@H](O)C1(C[C@@H](C)CC/C=C(\C)COCOCC[Si](C)(C)C)SCCCS1)[Sn]([CH3])([CH3])[CH3]. The number of aliphatic hydroxyl groups excluding tert-OH is 1. The maximum atomic E-state index is 12.9. The fourth-order valence-electron chi connectivity index (χ4n) is 4.27. The van der Waals surface area contributed by atoms with E-state index in [1.807, 2.05) is 23.5 Å². The molecule has 37 heavy (non-hydrogen) atoms. The average Bonchev–Trinajstić information content (AvgIpc) is 2.80. The average molecular weight is 682 g/mol. The molecule has 1 saturated heterocycles. The van der Waals surface area contributed by atoms with Gasteiger partial charge in [-0.3, -0.25) is 0 Å². The minimum atomic E-state index is -2.66. The molecule has 1 rings (SSSR count). The Morgan fingerprint density at radius 1 is 1.19 bits per heavy atom. The number of methoxy groups -OCH3 is 1. The molecule has 0 aliphatic carbocycles. The van der Waals surface area contributed by atoms with Gasteiger partial charge in [-0.1, -0.05) is 19.6 Å². The van der Waals surface area contributed by atoms with Crippen LogP contribution >= 0.6 is 23.5 Å². The summed E-state index contributed by atoms with van der Waals surface area (Å²) in [5.41, 5.74) is 1.22. The molecule has 1 heterocycles. The summed E-state index contributed by atoms with van der Waals surface area (Å²) in [7, 11) is 0.358. The van der Waals surface area contributed by atoms with E-state index in [-0.39, 0.29) is 5.97 Å². The number of allylic oxidation sites excluding steroid dienone is 1. The third-order valence-electron chi connectivity index (χ3n) is 6.82. The monoisotopic (exact) mass is 682 g/mol. The van der Waals surface area contributed by atoms with Gasteiger partial charge in [0.25, 0.3) is 0 Å². The van der Waals surface area contributed by atoms with Crippen molar-refractivity contribution in [2.24, 2.45) is 11.8 Å². The van der Waals surface area contributed by atoms with Gasteiger partial charge in [-0.05, 0) is 6.04 Å². The van der Waals surface area contributed by atoms with Crippen molar-refractivity contribution in [3.05, 3.63) is 21.8 Å². The van der Waals surface area contributed by atoms with Gasteiger partial charge in [0, 0.05) is 14.7 Å². The first-order valence-electron chi connectivity index (χ1n) is 13.7. The van der Waals surface area contributed by atoms with Crippen LogP contribution in [-0.4, -0.2) is 86.3 Å². The van der Waals surface area contributed by atoms with Gasteiger partial charge in [-0.2, -0.15) is 0 Å². The van der Waals surface area contributed by atoms with Crippen LogP contribution in [-0.2, 0) is 19.0 Å². The molecule has 9 heteroatoms. The van der Waals surface area contributed by atoms with Gasteiger partial charge in [-0.25, -0.2) is 0 Å². The van der Waals surface area contributed by atoms with Crippen LogP contribution in [0.5, 0.6) is 0 Å². The van der Waals surface area contributed by atoms with E-state index in [9.17, 15) is 9.90 Å². The van der Waals surface area contributed by atoms with E-state index in [1.165, 1.54) is 12.7 Å². The second-order valence-corrected chi connectivity index (χ2v) is 36.1. The van der Waals surface area contributed by atoms with Crippen molar-refractivity contribution in [1.82, 2.24) is 0 Å². The van der Waals surface area contributed by atoms with E-state index in [0.717, 1.165) is 53.4 Å². The Bertz CT molecular complexity index is 742. The van der Waals surface area contributed by atoms with Gasteiger partial charge in [0.1, 0.15) is 6.79 Å². The third kappa shape index (κ3) is 13.2. The van der Waals surface area contributed by atoms with Gasteiger partial charge in [0.2, 0.25) is 0 Å². The Balaban J connectivity index is 2.72. The van der Waals surface area contributed by atoms with Gasteiger partial charge in [-0.15, -0.1) is 0 Å². The molecule has 0 spiro atoms. The number of carbonyl (C=O) groups excluding carboxylic acids is 1. The van der Waals surface area contributed by atoms with Crippen molar-refractivity contribution in [3.8, 4) is 0 Å². The first-order valence-corrected chi connectivity index (χ1v) is 29.3. The van der Waals surface area contributed by atoms with E-state index in [0.29, 0.717) is 19.3 Å². The molecular weight excluding hydrogens is 627 g/mol. The Morgan fingerprint density at radius 2 is 1.81 bits per heavy atom. The molecule has 1 aliphatic rings. The van der Waals surface area contributed by atoms with Gasteiger partial charge < -0.3 is 4.74 Å². The molecule has 0 radical (unpaired) electrons. The minimum absolute atomic E-state index is 0.342. The zero-order chi connectivity index (χ0) is 28.3. The molecule has 0 aromatic heterocycles. The summed E-state index contributed by atoms with van der Waals surface area (Å²) in [6.45, 7) is 17.5. The topological polar surface area (TPSA) is 65.0 Å². The van der Waals surface area contributed by atoms with Gasteiger partial charge >= 0.3 is 191 Å². The normalized spacial score (nSPS) is 19.2. The molecule has 0 amide bonds. The number of hydrogen-bond donors (Lipinski definition) is 1. The Morgan fingerprint density at radius 3 is 2.35 bits per heavy atom. The summed E-state index contributed by atoms with van der Waals surface area (Å²) in [5, 5.41) is 11.8. The summed E-state index contributed by atoms with van der Waals surface area (Å²) >= 11 is 1.000. The van der Waals surface area contributed by atoms with Crippen molar-refractivity contribution in [2.75, 3.05) is 38.6 Å². The Hall–Kier alpha value is 0.546. The number of aliphatic hydroxyl groups is 1. The molecular formula is C28H54O5S2SiSn. The number of thioether (sulfide) groups is 2. The zero-order valence-corrected chi connectivity index (χ0v) is 30.5. The fourth-order valence-corrected chi connectivity index (χ4v) is 12.2. The van der Waals surface area contributed by atoms with E-state index in [2.05, 4.69) is 61.0 Å². The van der Waals surface area contributed by atoms with Crippen molar-refractivity contribution < 1.29 is 24.1 Å². The number of esters is 1. The van der Waals surface area contributed by atoms with Crippen molar-refractivity contribution in [3.63, 3.8) is 0 Å². The molecule has 5 nitrogen and oxygen atoms in total. The summed E-state index contributed by atoms with van der Waals surface area (Å²) in [6.07, 6.45) is 5.45. The van der Waals surface area contributed by atoms with Crippen LogP contribution in [0.2, 0.25) is 40.5 Å². The number of rotatable bonds is 17. The molecule has 3 atom stereocenters.